The van der Waals surface area contributed by atoms with Gasteiger partial charge in [0.25, 0.3) is 0 Å². The van der Waals surface area contributed by atoms with Crippen molar-refractivity contribution in [3.05, 3.63) is 0 Å². The molecule has 0 bridgehead atoms. The standard InChI is InChI=1S/Al.2Hf.O.Zn/q+3;2*+4;-2;+2. The Morgan fingerprint density at radius 3 is 0.800 bits per heavy atom. The van der Waals surface area contributed by atoms with Crippen LogP contribution in [-0.4, -0.2) is 17.4 Å². The summed E-state index contributed by atoms with van der Waals surface area (Å²) in [5.74, 6) is 0. The quantitative estimate of drug-likeness (QED) is 0.432. The molecule has 0 aliphatic carbocycles. The van der Waals surface area contributed by atoms with E-state index in [1.165, 1.54) is 0 Å². The summed E-state index contributed by atoms with van der Waals surface area (Å²) in [6.45, 7) is 0. The third kappa shape index (κ3) is 19.8. The summed E-state index contributed by atoms with van der Waals surface area (Å²) in [5.41, 5.74) is 0. The minimum absolute atomic E-state index is 0. The molecule has 0 aliphatic heterocycles. The summed E-state index contributed by atoms with van der Waals surface area (Å²) in [6.07, 6.45) is 0. The summed E-state index contributed by atoms with van der Waals surface area (Å²) in [5, 5.41) is 0. The van der Waals surface area contributed by atoms with Crippen LogP contribution >= 0.6 is 0 Å². The van der Waals surface area contributed by atoms with E-state index in [1.807, 2.05) is 0 Å². The van der Waals surface area contributed by atoms with Gasteiger partial charge in [-0.15, -0.1) is 0 Å². The van der Waals surface area contributed by atoms with Crippen molar-refractivity contribution in [2.24, 2.45) is 0 Å². The molecule has 0 saturated heterocycles. The van der Waals surface area contributed by atoms with Gasteiger partial charge in [-0.25, -0.2) is 0 Å². The molecule has 5 heavy (non-hydrogen) atoms. The maximum absolute atomic E-state index is 0. The Hall–Kier alpha value is 2.86. The molecule has 0 N–H and O–H groups in total. The zero-order valence-electron chi connectivity index (χ0n) is 2.69. The maximum atomic E-state index is 0. The van der Waals surface area contributed by atoms with Crippen molar-refractivity contribution in [1.82, 2.24) is 0 Å². The van der Waals surface area contributed by atoms with Crippen LogP contribution in [-0.2, 0) is 76.6 Å². The van der Waals surface area contributed by atoms with Gasteiger partial charge in [0.2, 0.25) is 0 Å². The van der Waals surface area contributed by atoms with E-state index < -0.39 is 0 Å². The van der Waals surface area contributed by atoms with Gasteiger partial charge in [0.15, 0.2) is 0 Å². The van der Waals surface area contributed by atoms with Crippen LogP contribution in [0.5, 0.6) is 0 Å². The van der Waals surface area contributed by atoms with E-state index in [1.54, 1.807) is 0 Å². The number of hydrogen-bond acceptors (Lipinski definition) is 0. The fourth-order valence-corrected chi connectivity index (χ4v) is 0. The van der Waals surface area contributed by atoms with E-state index in [-0.39, 0.29) is 94.0 Å². The average molecular weight is 465 g/mol. The Morgan fingerprint density at radius 2 is 0.800 bits per heavy atom. The molecule has 5 heteroatoms. The van der Waals surface area contributed by atoms with Crippen molar-refractivity contribution in [2.75, 3.05) is 0 Å². The molecule has 0 saturated carbocycles. The molecule has 1 nitrogen and oxygen atoms in total. The molecule has 0 rings (SSSR count). The SMILES string of the molecule is [Al+3].[Hf+4].[Hf+4].[O-2].[Zn+2]. The van der Waals surface area contributed by atoms with Crippen LogP contribution in [0.3, 0.4) is 0 Å². The molecule has 0 amide bonds. The first-order valence-corrected chi connectivity index (χ1v) is 0. The molecular formula is AlHf2OZn+11. The molecule has 0 aromatic rings. The Labute approximate surface area is 92.4 Å². The molecule has 0 aromatic heterocycles. The second kappa shape index (κ2) is 28.8. The normalized spacial score (nSPS) is 0. The van der Waals surface area contributed by atoms with Crippen LogP contribution in [0, 0.1) is 0 Å². The van der Waals surface area contributed by atoms with Crippen LogP contribution in [0.15, 0.2) is 0 Å². The van der Waals surface area contributed by atoms with Crippen molar-refractivity contribution in [1.29, 1.82) is 0 Å². The van der Waals surface area contributed by atoms with E-state index in [0.29, 0.717) is 0 Å². The first kappa shape index (κ1) is 45.3. The summed E-state index contributed by atoms with van der Waals surface area (Å²) in [6, 6.07) is 0. The van der Waals surface area contributed by atoms with Gasteiger partial charge in [0.05, 0.1) is 0 Å². The van der Waals surface area contributed by atoms with Gasteiger partial charge >= 0.3 is 88.5 Å². The van der Waals surface area contributed by atoms with Crippen molar-refractivity contribution >= 4 is 17.4 Å². The Kier molecular flexibility index (Phi) is 261. The van der Waals surface area contributed by atoms with Crippen molar-refractivity contribution < 1.29 is 76.6 Å². The monoisotopic (exact) mass is 467 g/mol. The molecule has 0 radical (unpaired) electrons. The Morgan fingerprint density at radius 1 is 0.800 bits per heavy atom. The van der Waals surface area contributed by atoms with Gasteiger partial charge in [-0.3, -0.25) is 0 Å². The average Bonchev–Trinajstić information content (AvgIpc) is 0. The fourth-order valence-electron chi connectivity index (χ4n) is 0. The third-order valence-corrected chi connectivity index (χ3v) is 0. The fraction of sp³-hybridized carbons (Fsp3) is 0. The van der Waals surface area contributed by atoms with E-state index in [4.69, 9.17) is 0 Å². The molecule has 0 unspecified atom stereocenters. The van der Waals surface area contributed by atoms with Crippen LogP contribution in [0.1, 0.15) is 0 Å². The van der Waals surface area contributed by atoms with Gasteiger partial charge in [-0.1, -0.05) is 0 Å². The summed E-state index contributed by atoms with van der Waals surface area (Å²) in [4.78, 5) is 0. The largest absolute Gasteiger partial charge is 4.00 e. The van der Waals surface area contributed by atoms with Crippen molar-refractivity contribution in [3.8, 4) is 0 Å². The molecule has 0 heterocycles. The predicted molar refractivity (Wildman–Crippen MR) is 6.44 cm³/mol. The van der Waals surface area contributed by atoms with Gasteiger partial charge in [0, 0.05) is 0 Å². The number of hydrogen-bond donors (Lipinski definition) is 0. The topological polar surface area (TPSA) is 28.5 Å². The first-order valence-electron chi connectivity index (χ1n) is 0. The Bertz CT molecular complexity index is 9.61. The predicted octanol–water partition coefficient (Wildman–Crippen LogP) is -0.507. The number of rotatable bonds is 0. The van der Waals surface area contributed by atoms with Gasteiger partial charge < -0.3 is 5.48 Å². The van der Waals surface area contributed by atoms with Gasteiger partial charge in [0.1, 0.15) is 0 Å². The minimum Gasteiger partial charge on any atom is -2.00 e. The first-order chi connectivity index (χ1) is 0. The summed E-state index contributed by atoms with van der Waals surface area (Å²) >= 11 is 0. The van der Waals surface area contributed by atoms with Gasteiger partial charge in [-0.2, -0.15) is 0 Å². The molecular weight excluding hydrogens is 465 g/mol. The molecule has 0 aromatic carbocycles. The maximum Gasteiger partial charge on any atom is 4.00 e. The molecule has 8 valence electrons. The van der Waals surface area contributed by atoms with E-state index in [2.05, 4.69) is 0 Å². The second-order valence-electron chi connectivity index (χ2n) is 0. The second-order valence-corrected chi connectivity index (χ2v) is 0. The molecule has 0 fully saturated rings. The zero-order chi connectivity index (χ0) is 0. The summed E-state index contributed by atoms with van der Waals surface area (Å²) < 4.78 is 0. The Balaban J connectivity index is 0. The third-order valence-electron chi connectivity index (χ3n) is 0. The zero-order valence-corrected chi connectivity index (χ0v) is 14.0. The van der Waals surface area contributed by atoms with Gasteiger partial charge in [-0.05, 0) is 0 Å². The molecule has 0 aliphatic rings. The van der Waals surface area contributed by atoms with Crippen LogP contribution in [0.4, 0.5) is 0 Å². The van der Waals surface area contributed by atoms with Crippen LogP contribution < -0.4 is 0 Å². The van der Waals surface area contributed by atoms with Crippen LogP contribution in [0.2, 0.25) is 0 Å². The minimum atomic E-state index is 0. The smallest absolute Gasteiger partial charge is 2.00 e. The van der Waals surface area contributed by atoms with E-state index in [9.17, 15) is 0 Å². The van der Waals surface area contributed by atoms with Crippen molar-refractivity contribution in [2.45, 2.75) is 0 Å². The van der Waals surface area contributed by atoms with Crippen molar-refractivity contribution in [3.63, 3.8) is 0 Å². The molecule has 0 spiro atoms. The molecule has 0 atom stereocenters. The van der Waals surface area contributed by atoms with E-state index >= 15 is 0 Å². The van der Waals surface area contributed by atoms with Crippen LogP contribution in [0.25, 0.3) is 0 Å². The summed E-state index contributed by atoms with van der Waals surface area (Å²) in [7, 11) is 0. The van der Waals surface area contributed by atoms with E-state index in [0.717, 1.165) is 0 Å².